The van der Waals surface area contributed by atoms with E-state index in [1.165, 1.54) is 0 Å². The van der Waals surface area contributed by atoms with Crippen molar-refractivity contribution in [3.8, 4) is 0 Å². The fourth-order valence-electron chi connectivity index (χ4n) is 2.06. The Labute approximate surface area is 99.2 Å². The molecule has 2 atom stereocenters. The molecule has 0 saturated heterocycles. The molecule has 2 unspecified atom stereocenters. The summed E-state index contributed by atoms with van der Waals surface area (Å²) in [5.74, 6) is 0.104. The molecule has 1 fully saturated rings. The van der Waals surface area contributed by atoms with E-state index in [4.69, 9.17) is 5.73 Å². The van der Waals surface area contributed by atoms with Gasteiger partial charge in [-0.15, -0.1) is 0 Å². The van der Waals surface area contributed by atoms with Crippen molar-refractivity contribution in [1.82, 2.24) is 5.32 Å². The largest absolute Gasteiger partial charge is 0.353 e. The summed E-state index contributed by atoms with van der Waals surface area (Å²) >= 11 is 0. The van der Waals surface area contributed by atoms with Gasteiger partial charge in [0.2, 0.25) is 5.91 Å². The van der Waals surface area contributed by atoms with Gasteiger partial charge in [0.05, 0.1) is 0 Å². The summed E-state index contributed by atoms with van der Waals surface area (Å²) in [6, 6.07) is 0.337. The van der Waals surface area contributed by atoms with E-state index in [2.05, 4.69) is 39.9 Å². The van der Waals surface area contributed by atoms with E-state index in [1.807, 2.05) is 0 Å². The van der Waals surface area contributed by atoms with Crippen molar-refractivity contribution in [2.24, 2.45) is 16.6 Å². The Bertz CT molecular complexity index is 266. The highest BCUT2D eigenvalue weighted by atomic mass is 16.1. The van der Waals surface area contributed by atoms with Crippen molar-refractivity contribution < 1.29 is 4.79 Å². The van der Waals surface area contributed by atoms with E-state index < -0.39 is 0 Å². The maximum absolute atomic E-state index is 11.7. The SMILES string of the molecule is CC(C)(C)CC(N)CC(=O)NC1CC1(C)C. The lowest BCUT2D eigenvalue weighted by Crippen LogP contribution is -2.36. The highest BCUT2D eigenvalue weighted by Crippen LogP contribution is 2.44. The summed E-state index contributed by atoms with van der Waals surface area (Å²) in [5, 5.41) is 3.04. The molecule has 0 spiro atoms. The molecule has 1 rings (SSSR count). The summed E-state index contributed by atoms with van der Waals surface area (Å²) in [6.07, 6.45) is 2.42. The summed E-state index contributed by atoms with van der Waals surface area (Å²) in [6.45, 7) is 10.8. The molecule has 0 aromatic rings. The lowest BCUT2D eigenvalue weighted by atomic mass is 9.87. The van der Waals surface area contributed by atoms with E-state index in [-0.39, 0.29) is 17.4 Å². The van der Waals surface area contributed by atoms with E-state index >= 15 is 0 Å². The van der Waals surface area contributed by atoms with Crippen LogP contribution < -0.4 is 11.1 Å². The van der Waals surface area contributed by atoms with Crippen molar-refractivity contribution in [2.45, 2.75) is 66.0 Å². The van der Waals surface area contributed by atoms with Gasteiger partial charge in [-0.05, 0) is 23.7 Å². The second kappa shape index (κ2) is 4.36. The quantitative estimate of drug-likeness (QED) is 0.771. The van der Waals surface area contributed by atoms with Crippen LogP contribution in [0.5, 0.6) is 0 Å². The molecule has 0 aromatic heterocycles. The van der Waals surface area contributed by atoms with Crippen molar-refractivity contribution in [1.29, 1.82) is 0 Å². The number of hydrogen-bond donors (Lipinski definition) is 2. The molecular weight excluding hydrogens is 200 g/mol. The van der Waals surface area contributed by atoms with Crippen LogP contribution in [0.25, 0.3) is 0 Å². The highest BCUT2D eigenvalue weighted by Gasteiger charge is 2.46. The molecule has 0 aromatic carbocycles. The topological polar surface area (TPSA) is 55.1 Å². The lowest BCUT2D eigenvalue weighted by molar-refractivity contribution is -0.121. The number of carbonyl (C=O) groups is 1. The first-order chi connectivity index (χ1) is 7.10. The van der Waals surface area contributed by atoms with Crippen LogP contribution in [0.3, 0.4) is 0 Å². The Hall–Kier alpha value is -0.570. The smallest absolute Gasteiger partial charge is 0.221 e. The molecule has 0 bridgehead atoms. The van der Waals surface area contributed by atoms with Crippen molar-refractivity contribution in [2.75, 3.05) is 0 Å². The number of rotatable bonds is 4. The zero-order chi connectivity index (χ0) is 12.6. The van der Waals surface area contributed by atoms with Gasteiger partial charge in [0.15, 0.2) is 0 Å². The predicted octanol–water partition coefficient (Wildman–Crippen LogP) is 2.05. The van der Waals surface area contributed by atoms with E-state index in [1.54, 1.807) is 0 Å². The first-order valence-corrected chi connectivity index (χ1v) is 6.15. The normalized spacial score (nSPS) is 25.0. The fourth-order valence-corrected chi connectivity index (χ4v) is 2.06. The van der Waals surface area contributed by atoms with Gasteiger partial charge in [0.1, 0.15) is 0 Å². The molecule has 1 saturated carbocycles. The van der Waals surface area contributed by atoms with E-state index in [0.29, 0.717) is 17.9 Å². The molecule has 0 heterocycles. The Kier molecular flexibility index (Phi) is 3.68. The average Bonchev–Trinajstić information content (AvgIpc) is 2.52. The third kappa shape index (κ3) is 4.52. The molecule has 0 radical (unpaired) electrons. The molecule has 1 amide bonds. The van der Waals surface area contributed by atoms with Crippen LogP contribution >= 0.6 is 0 Å². The minimum atomic E-state index is -0.0261. The van der Waals surface area contributed by atoms with Gasteiger partial charge in [0, 0.05) is 18.5 Å². The zero-order valence-electron chi connectivity index (χ0n) is 11.3. The van der Waals surface area contributed by atoms with Gasteiger partial charge >= 0.3 is 0 Å². The van der Waals surface area contributed by atoms with E-state index in [0.717, 1.165) is 12.8 Å². The second-order valence-corrected chi connectivity index (χ2v) is 7.04. The lowest BCUT2D eigenvalue weighted by Gasteiger charge is -2.22. The first kappa shape index (κ1) is 13.5. The Morgan fingerprint density at radius 2 is 2.00 bits per heavy atom. The Morgan fingerprint density at radius 1 is 1.50 bits per heavy atom. The number of nitrogens with two attached hydrogens (primary N) is 1. The molecule has 16 heavy (non-hydrogen) atoms. The van der Waals surface area contributed by atoms with Crippen molar-refractivity contribution >= 4 is 5.91 Å². The molecule has 1 aliphatic rings. The van der Waals surface area contributed by atoms with E-state index in [9.17, 15) is 4.79 Å². The summed E-state index contributed by atoms with van der Waals surface area (Å²) in [5.41, 5.74) is 6.45. The van der Waals surface area contributed by atoms with Crippen LogP contribution in [0.2, 0.25) is 0 Å². The molecular formula is C13H26N2O. The number of amides is 1. The minimum Gasteiger partial charge on any atom is -0.353 e. The van der Waals surface area contributed by atoms with Gasteiger partial charge in [-0.25, -0.2) is 0 Å². The van der Waals surface area contributed by atoms with Gasteiger partial charge in [-0.1, -0.05) is 34.6 Å². The number of nitrogens with one attached hydrogen (secondary N) is 1. The van der Waals surface area contributed by atoms with Crippen LogP contribution in [0.1, 0.15) is 53.9 Å². The molecule has 3 nitrogen and oxygen atoms in total. The monoisotopic (exact) mass is 226 g/mol. The number of carbonyl (C=O) groups excluding carboxylic acids is 1. The summed E-state index contributed by atoms with van der Waals surface area (Å²) in [4.78, 5) is 11.7. The second-order valence-electron chi connectivity index (χ2n) is 7.04. The third-order valence-corrected chi connectivity index (χ3v) is 3.17. The Balaban J connectivity index is 2.24. The standard InChI is InChI=1S/C13H26N2O/c1-12(2,3)7-9(14)6-11(16)15-10-8-13(10,4)5/h9-10H,6-8,14H2,1-5H3,(H,15,16). The minimum absolute atomic E-state index is 0.0261. The highest BCUT2D eigenvalue weighted by molar-refractivity contribution is 5.77. The summed E-state index contributed by atoms with van der Waals surface area (Å²) in [7, 11) is 0. The zero-order valence-corrected chi connectivity index (χ0v) is 11.3. The van der Waals surface area contributed by atoms with Gasteiger partial charge in [0.25, 0.3) is 0 Å². The van der Waals surface area contributed by atoms with Crippen molar-refractivity contribution in [3.05, 3.63) is 0 Å². The maximum Gasteiger partial charge on any atom is 0.221 e. The van der Waals surface area contributed by atoms with Crippen LogP contribution in [0, 0.1) is 10.8 Å². The first-order valence-electron chi connectivity index (χ1n) is 6.15. The third-order valence-electron chi connectivity index (χ3n) is 3.17. The molecule has 0 aliphatic heterocycles. The predicted molar refractivity (Wildman–Crippen MR) is 67.0 cm³/mol. The molecule has 1 aliphatic carbocycles. The number of hydrogen-bond acceptors (Lipinski definition) is 2. The maximum atomic E-state index is 11.7. The molecule has 3 N–H and O–H groups in total. The van der Waals surface area contributed by atoms with Crippen LogP contribution in [-0.4, -0.2) is 18.0 Å². The van der Waals surface area contributed by atoms with Crippen LogP contribution in [0.4, 0.5) is 0 Å². The molecule has 3 heteroatoms. The van der Waals surface area contributed by atoms with Gasteiger partial charge < -0.3 is 11.1 Å². The molecule has 94 valence electrons. The van der Waals surface area contributed by atoms with Gasteiger partial charge in [-0.2, -0.15) is 0 Å². The average molecular weight is 226 g/mol. The summed E-state index contributed by atoms with van der Waals surface area (Å²) < 4.78 is 0. The van der Waals surface area contributed by atoms with Crippen LogP contribution in [0.15, 0.2) is 0 Å². The van der Waals surface area contributed by atoms with Gasteiger partial charge in [-0.3, -0.25) is 4.79 Å². The Morgan fingerprint density at radius 3 is 2.38 bits per heavy atom. The van der Waals surface area contributed by atoms with Crippen LogP contribution in [-0.2, 0) is 4.79 Å². The van der Waals surface area contributed by atoms with Crippen molar-refractivity contribution in [3.63, 3.8) is 0 Å². The fraction of sp³-hybridized carbons (Fsp3) is 0.923.